The summed E-state index contributed by atoms with van der Waals surface area (Å²) in [6.07, 6.45) is 7.65. The minimum atomic E-state index is 0.976. The Morgan fingerprint density at radius 1 is 1.50 bits per heavy atom. The summed E-state index contributed by atoms with van der Waals surface area (Å²) in [5.74, 6) is 0. The van der Waals surface area contributed by atoms with E-state index in [0.717, 1.165) is 6.54 Å². The molecule has 56 valence electrons. The Balaban J connectivity index is 3.67. The van der Waals surface area contributed by atoms with Gasteiger partial charge in [0.1, 0.15) is 0 Å². The summed E-state index contributed by atoms with van der Waals surface area (Å²) in [5.41, 5.74) is 1.18. The number of rotatable bonds is 4. The lowest BCUT2D eigenvalue weighted by Gasteiger charge is -1.98. The fourth-order valence-corrected chi connectivity index (χ4v) is 0.616. The Hall–Kier alpha value is -0.980. The van der Waals surface area contributed by atoms with Crippen LogP contribution in [0.25, 0.3) is 0 Å². The lowest BCUT2D eigenvalue weighted by Crippen LogP contribution is -2.08. The number of hydrogen-bond donors (Lipinski definition) is 1. The van der Waals surface area contributed by atoms with Gasteiger partial charge in [-0.05, 0) is 19.9 Å². The van der Waals surface area contributed by atoms with Crippen molar-refractivity contribution in [2.75, 3.05) is 6.54 Å². The van der Waals surface area contributed by atoms with Gasteiger partial charge in [0.15, 0.2) is 0 Å². The van der Waals surface area contributed by atoms with Crippen LogP contribution < -0.4 is 5.32 Å². The quantitative estimate of drug-likeness (QED) is 0.586. The van der Waals surface area contributed by atoms with Crippen molar-refractivity contribution in [3.05, 3.63) is 36.6 Å². The van der Waals surface area contributed by atoms with Crippen molar-refractivity contribution >= 4 is 0 Å². The summed E-state index contributed by atoms with van der Waals surface area (Å²) in [5, 5.41) is 3.18. The Morgan fingerprint density at radius 3 is 2.70 bits per heavy atom. The van der Waals surface area contributed by atoms with Crippen LogP contribution in [0.1, 0.15) is 13.8 Å². The van der Waals surface area contributed by atoms with Crippen molar-refractivity contribution in [1.29, 1.82) is 0 Å². The summed E-state index contributed by atoms with van der Waals surface area (Å²) in [6, 6.07) is 0. The molecule has 0 aliphatic carbocycles. The third kappa shape index (κ3) is 5.16. The summed E-state index contributed by atoms with van der Waals surface area (Å²) in [7, 11) is 0. The van der Waals surface area contributed by atoms with Gasteiger partial charge < -0.3 is 5.32 Å². The summed E-state index contributed by atoms with van der Waals surface area (Å²) in [4.78, 5) is 0. The van der Waals surface area contributed by atoms with Crippen LogP contribution in [0.2, 0.25) is 0 Å². The first kappa shape index (κ1) is 9.02. The first-order chi connectivity index (χ1) is 4.81. The van der Waals surface area contributed by atoms with E-state index in [1.165, 1.54) is 5.70 Å². The van der Waals surface area contributed by atoms with Crippen molar-refractivity contribution in [3.63, 3.8) is 0 Å². The van der Waals surface area contributed by atoms with E-state index in [1.54, 1.807) is 6.08 Å². The van der Waals surface area contributed by atoms with Crippen LogP contribution in [0, 0.1) is 0 Å². The molecule has 1 nitrogen and oxygen atoms in total. The molecule has 0 rings (SSSR count). The third-order valence-corrected chi connectivity index (χ3v) is 1.05. The van der Waals surface area contributed by atoms with E-state index in [1.807, 2.05) is 25.2 Å². The highest BCUT2D eigenvalue weighted by atomic mass is 14.8. The highest BCUT2D eigenvalue weighted by Gasteiger charge is 1.77. The van der Waals surface area contributed by atoms with Gasteiger partial charge in [-0.15, -0.1) is 0 Å². The van der Waals surface area contributed by atoms with E-state index in [9.17, 15) is 0 Å². The van der Waals surface area contributed by atoms with Crippen LogP contribution in [0.3, 0.4) is 0 Å². The van der Waals surface area contributed by atoms with Crippen LogP contribution in [-0.2, 0) is 0 Å². The van der Waals surface area contributed by atoms with Crippen molar-refractivity contribution in [2.45, 2.75) is 13.8 Å². The molecule has 0 aromatic rings. The molecular weight excluding hydrogens is 122 g/mol. The average molecular weight is 137 g/mol. The SMILES string of the molecule is C=C/C=C\C=C(\C)NCC. The van der Waals surface area contributed by atoms with Crippen LogP contribution >= 0.6 is 0 Å². The molecule has 1 heteroatoms. The Bertz CT molecular complexity index is 143. The molecule has 0 unspecified atom stereocenters. The van der Waals surface area contributed by atoms with Gasteiger partial charge in [0.25, 0.3) is 0 Å². The van der Waals surface area contributed by atoms with E-state index in [4.69, 9.17) is 0 Å². The van der Waals surface area contributed by atoms with Crippen molar-refractivity contribution < 1.29 is 0 Å². The molecule has 0 spiro atoms. The Kier molecular flexibility index (Phi) is 5.54. The predicted molar refractivity (Wildman–Crippen MR) is 46.8 cm³/mol. The topological polar surface area (TPSA) is 12.0 Å². The molecule has 0 aliphatic rings. The second kappa shape index (κ2) is 6.14. The van der Waals surface area contributed by atoms with E-state index >= 15 is 0 Å². The van der Waals surface area contributed by atoms with Crippen LogP contribution in [0.15, 0.2) is 36.6 Å². The first-order valence-corrected chi connectivity index (χ1v) is 3.51. The molecule has 0 atom stereocenters. The van der Waals surface area contributed by atoms with Crippen molar-refractivity contribution in [1.82, 2.24) is 5.32 Å². The Morgan fingerprint density at radius 2 is 2.20 bits per heavy atom. The maximum absolute atomic E-state index is 3.57. The van der Waals surface area contributed by atoms with Gasteiger partial charge in [-0.1, -0.05) is 24.8 Å². The summed E-state index contributed by atoms with van der Waals surface area (Å²) >= 11 is 0. The number of nitrogens with one attached hydrogen (secondary N) is 1. The molecule has 0 aliphatic heterocycles. The molecule has 10 heavy (non-hydrogen) atoms. The molecule has 0 aromatic heterocycles. The summed E-state index contributed by atoms with van der Waals surface area (Å²) in [6.45, 7) is 8.66. The fraction of sp³-hybridized carbons (Fsp3) is 0.333. The van der Waals surface area contributed by atoms with Crippen molar-refractivity contribution in [2.24, 2.45) is 0 Å². The average Bonchev–Trinajstić information content (AvgIpc) is 1.89. The molecule has 0 saturated heterocycles. The molecule has 0 radical (unpaired) electrons. The third-order valence-electron chi connectivity index (χ3n) is 1.05. The highest BCUT2D eigenvalue weighted by Crippen LogP contribution is 1.86. The zero-order valence-electron chi connectivity index (χ0n) is 6.72. The molecule has 1 N–H and O–H groups in total. The molecule has 0 bridgehead atoms. The zero-order chi connectivity index (χ0) is 7.82. The normalized spacial score (nSPS) is 12.0. The van der Waals surface area contributed by atoms with Gasteiger partial charge in [0.05, 0.1) is 0 Å². The highest BCUT2D eigenvalue weighted by molar-refractivity contribution is 5.12. The molecule has 0 fully saturated rings. The van der Waals surface area contributed by atoms with Gasteiger partial charge >= 0.3 is 0 Å². The molecular formula is C9H15N. The minimum Gasteiger partial charge on any atom is -0.389 e. The van der Waals surface area contributed by atoms with E-state index in [-0.39, 0.29) is 0 Å². The molecule has 0 heterocycles. The maximum atomic E-state index is 3.57. The second-order valence-corrected chi connectivity index (χ2v) is 2.00. The Labute approximate surface area is 63.1 Å². The molecule has 0 aromatic carbocycles. The standard InChI is InChI=1S/C9H15N/c1-4-6-7-8-9(3)10-5-2/h4,6-8,10H,1,5H2,2-3H3/b7-6-,9-8-. The van der Waals surface area contributed by atoms with Gasteiger partial charge in [-0.25, -0.2) is 0 Å². The molecule has 0 saturated carbocycles. The zero-order valence-corrected chi connectivity index (χ0v) is 6.72. The van der Waals surface area contributed by atoms with Crippen LogP contribution in [-0.4, -0.2) is 6.54 Å². The van der Waals surface area contributed by atoms with Gasteiger partial charge in [0.2, 0.25) is 0 Å². The second-order valence-electron chi connectivity index (χ2n) is 2.00. The molecule has 0 amide bonds. The number of allylic oxidation sites excluding steroid dienone is 5. The maximum Gasteiger partial charge on any atom is 0.0115 e. The fourth-order valence-electron chi connectivity index (χ4n) is 0.616. The monoisotopic (exact) mass is 137 g/mol. The van der Waals surface area contributed by atoms with Gasteiger partial charge in [0, 0.05) is 12.2 Å². The van der Waals surface area contributed by atoms with E-state index < -0.39 is 0 Å². The predicted octanol–water partition coefficient (Wildman–Crippen LogP) is 2.24. The number of hydrogen-bond acceptors (Lipinski definition) is 1. The largest absolute Gasteiger partial charge is 0.389 e. The summed E-state index contributed by atoms with van der Waals surface area (Å²) < 4.78 is 0. The lowest BCUT2D eigenvalue weighted by molar-refractivity contribution is 0.854. The van der Waals surface area contributed by atoms with E-state index in [0.29, 0.717) is 0 Å². The minimum absolute atomic E-state index is 0.976. The lowest BCUT2D eigenvalue weighted by atomic mass is 10.4. The van der Waals surface area contributed by atoms with Gasteiger partial charge in [-0.3, -0.25) is 0 Å². The van der Waals surface area contributed by atoms with Gasteiger partial charge in [-0.2, -0.15) is 0 Å². The van der Waals surface area contributed by atoms with Crippen LogP contribution in [0.4, 0.5) is 0 Å². The van der Waals surface area contributed by atoms with Crippen molar-refractivity contribution in [3.8, 4) is 0 Å². The van der Waals surface area contributed by atoms with Crippen LogP contribution in [0.5, 0.6) is 0 Å². The first-order valence-electron chi connectivity index (χ1n) is 3.51. The smallest absolute Gasteiger partial charge is 0.0115 e. The van der Waals surface area contributed by atoms with E-state index in [2.05, 4.69) is 18.8 Å².